The lowest BCUT2D eigenvalue weighted by molar-refractivity contribution is -0.137. The third-order valence-electron chi connectivity index (χ3n) is 2.53. The Balaban J connectivity index is 3.78. The molecule has 0 radical (unpaired) electrons. The van der Waals surface area contributed by atoms with Crippen LogP contribution in [0.3, 0.4) is 0 Å². The monoisotopic (exact) mass is 201 g/mol. The maximum absolute atomic E-state index is 10.4. The van der Waals surface area contributed by atoms with Gasteiger partial charge in [0.1, 0.15) is 0 Å². The summed E-state index contributed by atoms with van der Waals surface area (Å²) in [5.74, 6) is -0.108. The fourth-order valence-corrected chi connectivity index (χ4v) is 1.57. The van der Waals surface area contributed by atoms with Gasteiger partial charge in [0.15, 0.2) is 0 Å². The molecule has 0 aromatic carbocycles. The van der Waals surface area contributed by atoms with E-state index in [0.717, 1.165) is 6.42 Å². The third-order valence-corrected chi connectivity index (χ3v) is 2.53. The standard InChI is InChI=1S/C11H23NO2/c1-5-10(8(2)3)12-9(4)6-7-11(13)14/h8-10,12H,5-7H2,1-4H3,(H,13,14). The molecule has 0 fully saturated rings. The van der Waals surface area contributed by atoms with E-state index >= 15 is 0 Å². The number of nitrogens with one attached hydrogen (secondary N) is 1. The maximum atomic E-state index is 10.4. The molecule has 0 bridgehead atoms. The van der Waals surface area contributed by atoms with Crippen molar-refractivity contribution in [2.45, 2.75) is 59.0 Å². The molecule has 0 saturated carbocycles. The average molecular weight is 201 g/mol. The van der Waals surface area contributed by atoms with Crippen molar-refractivity contribution in [3.05, 3.63) is 0 Å². The number of carboxylic acids is 1. The molecule has 0 rings (SSSR count). The van der Waals surface area contributed by atoms with Crippen LogP contribution in [0.4, 0.5) is 0 Å². The molecule has 3 heteroatoms. The Bertz CT molecular complexity index is 169. The molecule has 0 amide bonds. The molecule has 0 aliphatic rings. The molecular weight excluding hydrogens is 178 g/mol. The largest absolute Gasteiger partial charge is 0.481 e. The summed E-state index contributed by atoms with van der Waals surface area (Å²) in [5, 5.41) is 12.0. The van der Waals surface area contributed by atoms with Gasteiger partial charge in [-0.2, -0.15) is 0 Å². The van der Waals surface area contributed by atoms with Gasteiger partial charge in [0, 0.05) is 18.5 Å². The van der Waals surface area contributed by atoms with Gasteiger partial charge in [-0.1, -0.05) is 20.8 Å². The van der Waals surface area contributed by atoms with Crippen LogP contribution in [0.15, 0.2) is 0 Å². The number of rotatable bonds is 7. The first-order chi connectivity index (χ1) is 6.47. The third kappa shape index (κ3) is 5.97. The van der Waals surface area contributed by atoms with Crippen LogP contribution >= 0.6 is 0 Å². The van der Waals surface area contributed by atoms with E-state index < -0.39 is 5.97 Å². The predicted molar refractivity (Wildman–Crippen MR) is 58.4 cm³/mol. The molecule has 14 heavy (non-hydrogen) atoms. The van der Waals surface area contributed by atoms with E-state index in [1.165, 1.54) is 0 Å². The van der Waals surface area contributed by atoms with Crippen molar-refractivity contribution in [1.29, 1.82) is 0 Å². The Kier molecular flexibility index (Phi) is 6.54. The summed E-state index contributed by atoms with van der Waals surface area (Å²) in [6, 6.07) is 0.789. The topological polar surface area (TPSA) is 49.3 Å². The first kappa shape index (κ1) is 13.4. The molecule has 0 spiro atoms. The Morgan fingerprint density at radius 3 is 2.29 bits per heavy atom. The van der Waals surface area contributed by atoms with Crippen LogP contribution in [0.2, 0.25) is 0 Å². The normalized spacial score (nSPS) is 15.5. The van der Waals surface area contributed by atoms with E-state index in [0.29, 0.717) is 24.4 Å². The fraction of sp³-hybridized carbons (Fsp3) is 0.909. The highest BCUT2D eigenvalue weighted by Crippen LogP contribution is 2.08. The van der Waals surface area contributed by atoms with Crippen LogP contribution in [0.1, 0.15) is 47.0 Å². The Morgan fingerprint density at radius 2 is 1.93 bits per heavy atom. The first-order valence-electron chi connectivity index (χ1n) is 5.45. The van der Waals surface area contributed by atoms with Gasteiger partial charge in [-0.05, 0) is 25.7 Å². The number of carbonyl (C=O) groups is 1. The van der Waals surface area contributed by atoms with Gasteiger partial charge < -0.3 is 10.4 Å². The van der Waals surface area contributed by atoms with E-state index in [2.05, 4.69) is 26.1 Å². The Labute approximate surface area is 86.9 Å². The van der Waals surface area contributed by atoms with Crippen LogP contribution in [0, 0.1) is 5.92 Å². The van der Waals surface area contributed by atoms with Crippen LogP contribution in [0.5, 0.6) is 0 Å². The van der Waals surface area contributed by atoms with Crippen molar-refractivity contribution in [2.75, 3.05) is 0 Å². The molecule has 0 aliphatic heterocycles. The lowest BCUT2D eigenvalue weighted by Crippen LogP contribution is -2.39. The van der Waals surface area contributed by atoms with Crippen molar-refractivity contribution < 1.29 is 9.90 Å². The van der Waals surface area contributed by atoms with E-state index in [4.69, 9.17) is 5.11 Å². The highest BCUT2D eigenvalue weighted by Gasteiger charge is 2.14. The van der Waals surface area contributed by atoms with Crippen LogP contribution in [-0.2, 0) is 4.79 Å². The minimum atomic E-state index is -0.712. The zero-order valence-electron chi connectivity index (χ0n) is 9.71. The fourth-order valence-electron chi connectivity index (χ4n) is 1.57. The zero-order chi connectivity index (χ0) is 11.1. The summed E-state index contributed by atoms with van der Waals surface area (Å²) in [5.41, 5.74) is 0. The van der Waals surface area contributed by atoms with Crippen LogP contribution in [-0.4, -0.2) is 23.2 Å². The van der Waals surface area contributed by atoms with Crippen molar-refractivity contribution >= 4 is 5.97 Å². The van der Waals surface area contributed by atoms with Crippen molar-refractivity contribution in [3.63, 3.8) is 0 Å². The van der Waals surface area contributed by atoms with Gasteiger partial charge in [-0.15, -0.1) is 0 Å². The second-order valence-corrected chi connectivity index (χ2v) is 4.26. The van der Waals surface area contributed by atoms with Crippen LogP contribution < -0.4 is 5.32 Å². The molecule has 84 valence electrons. The summed E-state index contributed by atoms with van der Waals surface area (Å²) in [7, 11) is 0. The zero-order valence-corrected chi connectivity index (χ0v) is 9.71. The molecule has 2 N–H and O–H groups in total. The van der Waals surface area contributed by atoms with Gasteiger partial charge in [-0.3, -0.25) is 4.79 Å². The lowest BCUT2D eigenvalue weighted by atomic mass is 10.00. The minimum Gasteiger partial charge on any atom is -0.481 e. The SMILES string of the molecule is CCC(NC(C)CCC(=O)O)C(C)C. The molecule has 2 unspecified atom stereocenters. The second-order valence-electron chi connectivity index (χ2n) is 4.26. The summed E-state index contributed by atoms with van der Waals surface area (Å²) in [6.45, 7) is 8.58. The lowest BCUT2D eigenvalue weighted by Gasteiger charge is -2.25. The second kappa shape index (κ2) is 6.82. The molecule has 0 aromatic rings. The highest BCUT2D eigenvalue weighted by atomic mass is 16.4. The van der Waals surface area contributed by atoms with Crippen molar-refractivity contribution in [2.24, 2.45) is 5.92 Å². The van der Waals surface area contributed by atoms with Gasteiger partial charge >= 0.3 is 5.97 Å². The molecule has 0 aliphatic carbocycles. The number of hydrogen-bond donors (Lipinski definition) is 2. The number of aliphatic carboxylic acids is 1. The summed E-state index contributed by atoms with van der Waals surface area (Å²) < 4.78 is 0. The molecule has 0 saturated heterocycles. The Morgan fingerprint density at radius 1 is 1.36 bits per heavy atom. The maximum Gasteiger partial charge on any atom is 0.303 e. The smallest absolute Gasteiger partial charge is 0.303 e. The van der Waals surface area contributed by atoms with Crippen LogP contribution in [0.25, 0.3) is 0 Å². The summed E-state index contributed by atoms with van der Waals surface area (Å²) in [4.78, 5) is 10.4. The first-order valence-corrected chi connectivity index (χ1v) is 5.45. The van der Waals surface area contributed by atoms with Gasteiger partial charge in [0.2, 0.25) is 0 Å². The average Bonchev–Trinajstić information content (AvgIpc) is 2.10. The molecular formula is C11H23NO2. The molecule has 3 nitrogen and oxygen atoms in total. The number of hydrogen-bond acceptors (Lipinski definition) is 2. The molecule has 2 atom stereocenters. The van der Waals surface area contributed by atoms with Gasteiger partial charge in [0.25, 0.3) is 0 Å². The molecule has 0 heterocycles. The van der Waals surface area contributed by atoms with Crippen molar-refractivity contribution in [3.8, 4) is 0 Å². The quantitative estimate of drug-likeness (QED) is 0.664. The van der Waals surface area contributed by atoms with E-state index in [9.17, 15) is 4.79 Å². The predicted octanol–water partition coefficient (Wildman–Crippen LogP) is 2.26. The van der Waals surface area contributed by atoms with E-state index in [-0.39, 0.29) is 6.42 Å². The van der Waals surface area contributed by atoms with E-state index in [1.807, 2.05) is 6.92 Å². The Hall–Kier alpha value is -0.570. The summed E-state index contributed by atoms with van der Waals surface area (Å²) in [6.07, 6.45) is 2.05. The van der Waals surface area contributed by atoms with Crippen molar-refractivity contribution in [1.82, 2.24) is 5.32 Å². The van der Waals surface area contributed by atoms with E-state index in [1.54, 1.807) is 0 Å². The minimum absolute atomic E-state index is 0.253. The van der Waals surface area contributed by atoms with Gasteiger partial charge in [0.05, 0.1) is 0 Å². The number of carboxylic acid groups (broad SMARTS) is 1. The van der Waals surface area contributed by atoms with Gasteiger partial charge in [-0.25, -0.2) is 0 Å². The highest BCUT2D eigenvalue weighted by molar-refractivity contribution is 5.66. The molecule has 0 aromatic heterocycles. The summed E-state index contributed by atoms with van der Waals surface area (Å²) >= 11 is 0.